The molecule has 6 N–H and O–H groups in total. The maximum atomic E-state index is 12.6. The topological polar surface area (TPSA) is 223 Å². The van der Waals surface area contributed by atoms with Crippen LogP contribution in [0.5, 0.6) is 5.75 Å². The summed E-state index contributed by atoms with van der Waals surface area (Å²) in [6.07, 6.45) is 0.232. The standard InChI is InChI=1S/C21H21N3O4.C16H18N2O5S/c1-3-6-18(25)22-15-11-9-14(10-12-15)20(26)13(2)28-21(27)19-16-7-4-5-8-17(16)23-24-19;1-11-3-2-4-14(15(11)17)16(19)23-10-9-22-12-5-7-13(8-6-12)24(18,20)21/h4-5,7-13H,3,6H2,1-2H3,(H,22,25)(H,23,24);2-8H,9-10,17H2,1H3,(H2,18,20,21). The van der Waals surface area contributed by atoms with E-state index in [0.29, 0.717) is 45.6 Å². The van der Waals surface area contributed by atoms with E-state index >= 15 is 0 Å². The number of Topliss-reactive ketones (excluding diaryl/α,β-unsaturated/α-hetero) is 1. The third-order valence-electron chi connectivity index (χ3n) is 7.53. The monoisotopic (exact) mass is 729 g/mol. The Balaban J connectivity index is 0.000000236. The second kappa shape index (κ2) is 17.7. The van der Waals surface area contributed by atoms with Gasteiger partial charge in [0.1, 0.15) is 19.0 Å². The zero-order chi connectivity index (χ0) is 37.8. The molecule has 15 heteroatoms. The van der Waals surface area contributed by atoms with Crippen molar-refractivity contribution in [3.8, 4) is 5.75 Å². The molecule has 1 heterocycles. The lowest BCUT2D eigenvalue weighted by molar-refractivity contribution is -0.116. The van der Waals surface area contributed by atoms with E-state index in [2.05, 4.69) is 15.5 Å². The third kappa shape index (κ3) is 10.5. The van der Waals surface area contributed by atoms with Gasteiger partial charge in [-0.3, -0.25) is 14.7 Å². The fourth-order valence-corrected chi connectivity index (χ4v) is 5.26. The number of amides is 1. The molecule has 0 saturated carbocycles. The highest BCUT2D eigenvalue weighted by molar-refractivity contribution is 7.89. The number of benzene rings is 4. The van der Waals surface area contributed by atoms with E-state index in [-0.39, 0.29) is 35.5 Å². The molecule has 0 fully saturated rings. The number of anilines is 2. The molecule has 1 unspecified atom stereocenters. The van der Waals surface area contributed by atoms with Crippen LogP contribution < -0.4 is 20.9 Å². The lowest BCUT2D eigenvalue weighted by Gasteiger charge is -2.12. The number of aromatic amines is 1. The number of nitrogens with one attached hydrogen (secondary N) is 2. The predicted molar refractivity (Wildman–Crippen MR) is 194 cm³/mol. The van der Waals surface area contributed by atoms with Crippen LogP contribution in [0.15, 0.2) is 95.9 Å². The van der Waals surface area contributed by atoms with Gasteiger partial charge < -0.3 is 25.3 Å². The number of aromatic nitrogens is 2. The second-order valence-corrected chi connectivity index (χ2v) is 13.0. The first kappa shape index (κ1) is 38.7. The Morgan fingerprint density at radius 1 is 0.885 bits per heavy atom. The molecule has 0 saturated heterocycles. The van der Waals surface area contributed by atoms with Gasteiger partial charge in [0.25, 0.3) is 0 Å². The molecule has 0 bridgehead atoms. The van der Waals surface area contributed by atoms with Gasteiger partial charge in [0.2, 0.25) is 21.7 Å². The molecule has 0 radical (unpaired) electrons. The summed E-state index contributed by atoms with van der Waals surface area (Å²) in [7, 11) is -3.73. The van der Waals surface area contributed by atoms with Crippen LogP contribution >= 0.6 is 0 Å². The minimum Gasteiger partial charge on any atom is -0.490 e. The van der Waals surface area contributed by atoms with Crippen LogP contribution in [0.2, 0.25) is 0 Å². The van der Waals surface area contributed by atoms with Crippen molar-refractivity contribution >= 4 is 55.9 Å². The Hall–Kier alpha value is -6.06. The fourth-order valence-electron chi connectivity index (χ4n) is 4.75. The first-order valence-corrected chi connectivity index (χ1v) is 17.7. The Bertz CT molecular complexity index is 2150. The summed E-state index contributed by atoms with van der Waals surface area (Å²) >= 11 is 0. The van der Waals surface area contributed by atoms with Crippen LogP contribution in [0, 0.1) is 6.92 Å². The van der Waals surface area contributed by atoms with E-state index in [0.717, 1.165) is 12.0 Å². The Morgan fingerprint density at radius 2 is 1.58 bits per heavy atom. The van der Waals surface area contributed by atoms with Crippen molar-refractivity contribution in [3.05, 3.63) is 113 Å². The molecule has 4 aromatic carbocycles. The average Bonchev–Trinajstić information content (AvgIpc) is 3.56. The summed E-state index contributed by atoms with van der Waals surface area (Å²) < 4.78 is 38.0. The first-order valence-electron chi connectivity index (χ1n) is 16.1. The average molecular weight is 730 g/mol. The van der Waals surface area contributed by atoms with Crippen LogP contribution in [0.1, 0.15) is 63.5 Å². The van der Waals surface area contributed by atoms with E-state index in [1.165, 1.54) is 31.2 Å². The van der Waals surface area contributed by atoms with E-state index in [4.69, 9.17) is 25.1 Å². The number of para-hydroxylation sites is 2. The van der Waals surface area contributed by atoms with Gasteiger partial charge in [0.05, 0.1) is 16.0 Å². The van der Waals surface area contributed by atoms with Gasteiger partial charge in [0.15, 0.2) is 11.8 Å². The molecular formula is C37H39N5O9S. The molecule has 5 rings (SSSR count). The van der Waals surface area contributed by atoms with Gasteiger partial charge in [-0.25, -0.2) is 23.1 Å². The van der Waals surface area contributed by atoms with Crippen molar-refractivity contribution < 1.29 is 41.8 Å². The molecule has 0 aliphatic rings. The number of nitrogens with zero attached hydrogens (tertiary/aromatic N) is 1. The van der Waals surface area contributed by atoms with Crippen molar-refractivity contribution in [2.24, 2.45) is 5.14 Å². The van der Waals surface area contributed by atoms with Crippen molar-refractivity contribution in [1.29, 1.82) is 0 Å². The van der Waals surface area contributed by atoms with Gasteiger partial charge in [-0.15, -0.1) is 0 Å². The molecule has 52 heavy (non-hydrogen) atoms. The van der Waals surface area contributed by atoms with Crippen LogP contribution in [0.25, 0.3) is 10.9 Å². The summed E-state index contributed by atoms with van der Waals surface area (Å²) in [5.74, 6) is -1.16. The number of hydrogen-bond donors (Lipinski definition) is 4. The van der Waals surface area contributed by atoms with Gasteiger partial charge in [-0.1, -0.05) is 37.3 Å². The molecular weight excluding hydrogens is 691 g/mol. The largest absolute Gasteiger partial charge is 0.490 e. The molecule has 0 aliphatic heterocycles. The fraction of sp³-hybridized carbons (Fsp3) is 0.216. The van der Waals surface area contributed by atoms with Gasteiger partial charge in [-0.05, 0) is 86.5 Å². The molecule has 1 aromatic heterocycles. The quantitative estimate of drug-likeness (QED) is 0.0534. The van der Waals surface area contributed by atoms with Crippen molar-refractivity contribution in [2.75, 3.05) is 24.3 Å². The lowest BCUT2D eigenvalue weighted by atomic mass is 10.1. The summed E-state index contributed by atoms with van der Waals surface area (Å²) in [6.45, 7) is 5.40. The summed E-state index contributed by atoms with van der Waals surface area (Å²) in [4.78, 5) is 48.5. The number of sulfonamides is 1. The molecule has 0 spiro atoms. The Kier molecular flexibility index (Phi) is 13.2. The highest BCUT2D eigenvalue weighted by atomic mass is 32.2. The number of hydrogen-bond acceptors (Lipinski definition) is 11. The number of ketones is 1. The summed E-state index contributed by atoms with van der Waals surface area (Å²) in [5, 5.41) is 15.1. The van der Waals surface area contributed by atoms with E-state index in [9.17, 15) is 27.6 Å². The van der Waals surface area contributed by atoms with Crippen molar-refractivity contribution in [2.45, 2.75) is 44.6 Å². The van der Waals surface area contributed by atoms with E-state index in [1.807, 2.05) is 13.0 Å². The molecule has 5 aromatic rings. The third-order valence-corrected chi connectivity index (χ3v) is 8.46. The van der Waals surface area contributed by atoms with Crippen LogP contribution in [0.3, 0.4) is 0 Å². The number of rotatable bonds is 13. The normalized spacial score (nSPS) is 11.5. The van der Waals surface area contributed by atoms with Crippen LogP contribution in [-0.4, -0.2) is 61.6 Å². The zero-order valence-electron chi connectivity index (χ0n) is 28.8. The highest BCUT2D eigenvalue weighted by Crippen LogP contribution is 2.20. The molecule has 272 valence electrons. The number of carbonyl (C=O) groups excluding carboxylic acids is 4. The number of carbonyl (C=O) groups is 4. The zero-order valence-corrected chi connectivity index (χ0v) is 29.6. The van der Waals surface area contributed by atoms with Gasteiger partial charge in [-0.2, -0.15) is 5.10 Å². The molecule has 1 atom stereocenters. The van der Waals surface area contributed by atoms with E-state index < -0.39 is 28.1 Å². The van der Waals surface area contributed by atoms with Gasteiger partial charge >= 0.3 is 11.9 Å². The minimum absolute atomic E-state index is 0.00352. The number of aryl methyl sites for hydroxylation is 1. The number of H-pyrrole nitrogens is 1. The second-order valence-electron chi connectivity index (χ2n) is 11.4. The maximum absolute atomic E-state index is 12.6. The summed E-state index contributed by atoms with van der Waals surface area (Å²) in [6, 6.07) is 24.4. The Labute approximate surface area is 300 Å². The van der Waals surface area contributed by atoms with Gasteiger partial charge in [0, 0.05) is 28.7 Å². The number of fused-ring (bicyclic) bond motifs is 1. The van der Waals surface area contributed by atoms with Crippen LogP contribution in [0.4, 0.5) is 11.4 Å². The minimum atomic E-state index is -3.73. The molecule has 14 nitrogen and oxygen atoms in total. The number of primary sulfonamides is 1. The summed E-state index contributed by atoms with van der Waals surface area (Å²) in [5.41, 5.74) is 9.20. The number of nitrogen functional groups attached to an aromatic ring is 1. The molecule has 1 amide bonds. The highest BCUT2D eigenvalue weighted by Gasteiger charge is 2.23. The number of ether oxygens (including phenoxy) is 3. The predicted octanol–water partition coefficient (Wildman–Crippen LogP) is 5.19. The van der Waals surface area contributed by atoms with E-state index in [1.54, 1.807) is 67.6 Å². The van der Waals surface area contributed by atoms with Crippen LogP contribution in [-0.2, 0) is 24.3 Å². The smallest absolute Gasteiger partial charge is 0.360 e. The SMILES string of the molecule is CCCC(=O)Nc1ccc(C(=O)C(C)OC(=O)c2n[nH]c3ccccc23)cc1.Cc1cccc(C(=O)OCCOc2ccc(S(N)(=O)=O)cc2)c1N. The lowest BCUT2D eigenvalue weighted by Crippen LogP contribution is -2.24. The maximum Gasteiger partial charge on any atom is 0.360 e. The van der Waals surface area contributed by atoms with Crippen molar-refractivity contribution in [3.63, 3.8) is 0 Å². The van der Waals surface area contributed by atoms with Crippen molar-refractivity contribution in [1.82, 2.24) is 10.2 Å². The first-order chi connectivity index (χ1) is 24.8. The number of nitrogens with two attached hydrogens (primary N) is 2. The number of esters is 2. The molecule has 0 aliphatic carbocycles. The Morgan fingerprint density at radius 3 is 2.25 bits per heavy atom.